The molecule has 4 aromatic heterocycles. The molecule has 6 heterocycles. The van der Waals surface area contributed by atoms with E-state index in [0.29, 0.717) is 35.9 Å². The van der Waals surface area contributed by atoms with Crippen LogP contribution in [0.4, 0.5) is 5.69 Å². The average Bonchev–Trinajstić information content (AvgIpc) is 3.74. The first-order valence-electron chi connectivity index (χ1n) is 13.9. The van der Waals surface area contributed by atoms with E-state index in [0.717, 1.165) is 30.8 Å². The maximum atomic E-state index is 13.5. The number of aryl methyl sites for hydroxylation is 1. The van der Waals surface area contributed by atoms with Crippen LogP contribution < -0.4 is 4.90 Å². The first-order valence-corrected chi connectivity index (χ1v) is 13.9. The largest absolute Gasteiger partial charge is 0.477 e. The van der Waals surface area contributed by atoms with Crippen LogP contribution in [0.1, 0.15) is 51.4 Å². The first-order chi connectivity index (χ1) is 20.3. The molecule has 42 heavy (non-hydrogen) atoms. The number of carboxylic acid groups (broad SMARTS) is 1. The number of fused-ring (bicyclic) bond motifs is 2. The summed E-state index contributed by atoms with van der Waals surface area (Å²) < 4.78 is 3.61. The second kappa shape index (κ2) is 9.75. The van der Waals surface area contributed by atoms with Crippen LogP contribution in [0.5, 0.6) is 0 Å². The second-order valence-corrected chi connectivity index (χ2v) is 11.2. The number of aromatic carboxylic acids is 1. The van der Waals surface area contributed by atoms with Gasteiger partial charge in [-0.2, -0.15) is 0 Å². The van der Waals surface area contributed by atoms with Gasteiger partial charge in [0.2, 0.25) is 5.82 Å². The summed E-state index contributed by atoms with van der Waals surface area (Å²) in [4.78, 5) is 37.4. The third kappa shape index (κ3) is 4.35. The van der Waals surface area contributed by atoms with E-state index in [1.165, 1.54) is 17.8 Å². The van der Waals surface area contributed by atoms with Crippen molar-refractivity contribution < 1.29 is 14.7 Å². The first kappa shape index (κ1) is 25.8. The molecule has 2 aliphatic rings. The van der Waals surface area contributed by atoms with Crippen LogP contribution in [0.15, 0.2) is 60.9 Å². The van der Waals surface area contributed by atoms with E-state index in [4.69, 9.17) is 0 Å². The van der Waals surface area contributed by atoms with E-state index in [1.54, 1.807) is 15.5 Å². The lowest BCUT2D eigenvalue weighted by atomic mass is 9.82. The van der Waals surface area contributed by atoms with Crippen molar-refractivity contribution >= 4 is 23.2 Å². The number of benzene rings is 1. The zero-order chi connectivity index (χ0) is 29.0. The van der Waals surface area contributed by atoms with E-state index in [9.17, 15) is 14.7 Å². The molecule has 1 N–H and O–H groups in total. The summed E-state index contributed by atoms with van der Waals surface area (Å²) in [5.41, 5.74) is 4.62. The molecule has 0 bridgehead atoms. The lowest BCUT2D eigenvalue weighted by Gasteiger charge is -2.26. The van der Waals surface area contributed by atoms with Gasteiger partial charge in [-0.15, -0.1) is 15.3 Å². The molecule has 0 spiro atoms. The number of carbonyl (C=O) groups excluding carboxylic acids is 1. The Labute approximate surface area is 241 Å². The summed E-state index contributed by atoms with van der Waals surface area (Å²) in [6.07, 6.45) is 4.45. The van der Waals surface area contributed by atoms with Crippen molar-refractivity contribution in [3.8, 4) is 11.4 Å². The molecule has 1 saturated heterocycles. The predicted molar refractivity (Wildman–Crippen MR) is 153 cm³/mol. The van der Waals surface area contributed by atoms with E-state index >= 15 is 0 Å². The van der Waals surface area contributed by atoms with Gasteiger partial charge in [0.25, 0.3) is 5.91 Å². The highest BCUT2D eigenvalue weighted by atomic mass is 16.4. The molecular formula is C30H29N9O3. The lowest BCUT2D eigenvalue weighted by molar-refractivity contribution is 0.0684. The van der Waals surface area contributed by atoms with Gasteiger partial charge in [0.05, 0.1) is 18.4 Å². The molecular weight excluding hydrogens is 534 g/mol. The van der Waals surface area contributed by atoms with Crippen LogP contribution in [-0.2, 0) is 18.5 Å². The number of pyridine rings is 2. The lowest BCUT2D eigenvalue weighted by Crippen LogP contribution is -2.39. The molecule has 212 valence electrons. The Morgan fingerprint density at radius 2 is 1.86 bits per heavy atom. The number of anilines is 1. The smallest absolute Gasteiger partial charge is 0.354 e. The molecule has 0 radical (unpaired) electrons. The van der Waals surface area contributed by atoms with Crippen molar-refractivity contribution in [2.75, 3.05) is 24.5 Å². The molecule has 0 unspecified atom stereocenters. The third-order valence-corrected chi connectivity index (χ3v) is 8.38. The van der Waals surface area contributed by atoms with Gasteiger partial charge in [-0.1, -0.05) is 37.3 Å². The summed E-state index contributed by atoms with van der Waals surface area (Å²) in [6, 6.07) is 15.9. The van der Waals surface area contributed by atoms with Crippen molar-refractivity contribution in [3.63, 3.8) is 0 Å². The summed E-state index contributed by atoms with van der Waals surface area (Å²) in [5.74, 6) is -0.0951. The molecule has 12 nitrogen and oxygen atoms in total. The minimum Gasteiger partial charge on any atom is -0.477 e. The average molecular weight is 564 g/mol. The molecule has 1 aromatic carbocycles. The minimum atomic E-state index is -1.11. The fourth-order valence-electron chi connectivity index (χ4n) is 6.02. The van der Waals surface area contributed by atoms with E-state index in [-0.39, 0.29) is 29.4 Å². The number of amides is 1. The Morgan fingerprint density at radius 3 is 2.67 bits per heavy atom. The van der Waals surface area contributed by atoms with E-state index in [1.807, 2.05) is 23.8 Å². The van der Waals surface area contributed by atoms with Gasteiger partial charge < -0.3 is 19.5 Å². The Hall–Kier alpha value is -5.13. The third-order valence-electron chi connectivity index (χ3n) is 8.38. The van der Waals surface area contributed by atoms with Crippen molar-refractivity contribution in [2.24, 2.45) is 0 Å². The summed E-state index contributed by atoms with van der Waals surface area (Å²) in [5, 5.41) is 22.4. The summed E-state index contributed by atoms with van der Waals surface area (Å²) in [7, 11) is 0. The van der Waals surface area contributed by atoms with Crippen molar-refractivity contribution in [3.05, 3.63) is 89.4 Å². The fraction of sp³-hybridized carbons (Fsp3) is 0.300. The molecule has 12 heteroatoms. The monoisotopic (exact) mass is 563 g/mol. The van der Waals surface area contributed by atoms with Crippen LogP contribution in [0.3, 0.4) is 0 Å². The number of aromatic nitrogens is 7. The van der Waals surface area contributed by atoms with Gasteiger partial charge in [-0.25, -0.2) is 19.3 Å². The number of hydrogen-bond acceptors (Lipinski definition) is 8. The van der Waals surface area contributed by atoms with Crippen LogP contribution in [0.25, 0.3) is 17.0 Å². The second-order valence-electron chi connectivity index (χ2n) is 11.2. The standard InChI is InChI=1S/C30H29N9O3/c1-19-14-22(37-11-9-30(2,18-37)21-6-4-3-5-7-21)16-39-26(19)32-25(35-39)28(40)36-12-13-38-24(17-36)33-34-27(38)20-8-10-31-23(15-20)29(41)42/h3-8,10,14-16H,9,11-13,17-18H2,1-2H3,(H,41,42)/t30-/m0/s1. The van der Waals surface area contributed by atoms with Gasteiger partial charge in [0.1, 0.15) is 5.69 Å². The van der Waals surface area contributed by atoms with Gasteiger partial charge in [0, 0.05) is 43.4 Å². The van der Waals surface area contributed by atoms with Gasteiger partial charge in [-0.3, -0.25) is 4.79 Å². The molecule has 1 atom stereocenters. The fourth-order valence-corrected chi connectivity index (χ4v) is 6.02. The van der Waals surface area contributed by atoms with Crippen molar-refractivity contribution in [2.45, 2.75) is 38.8 Å². The maximum Gasteiger partial charge on any atom is 0.354 e. The van der Waals surface area contributed by atoms with Gasteiger partial charge in [-0.05, 0) is 42.7 Å². The van der Waals surface area contributed by atoms with Crippen molar-refractivity contribution in [1.82, 2.24) is 39.2 Å². The summed E-state index contributed by atoms with van der Waals surface area (Å²) in [6.45, 7) is 7.26. The van der Waals surface area contributed by atoms with E-state index < -0.39 is 5.97 Å². The zero-order valence-electron chi connectivity index (χ0n) is 23.3. The van der Waals surface area contributed by atoms with Crippen LogP contribution in [0.2, 0.25) is 0 Å². The molecule has 5 aromatic rings. The Bertz CT molecular complexity index is 1850. The highest BCUT2D eigenvalue weighted by molar-refractivity contribution is 5.91. The van der Waals surface area contributed by atoms with Crippen LogP contribution in [-0.4, -0.2) is 75.9 Å². The molecule has 1 amide bonds. The Morgan fingerprint density at radius 1 is 1.02 bits per heavy atom. The summed E-state index contributed by atoms with van der Waals surface area (Å²) >= 11 is 0. The zero-order valence-corrected chi connectivity index (χ0v) is 23.3. The number of hydrogen-bond donors (Lipinski definition) is 1. The SMILES string of the molecule is Cc1cc(N2CC[C@](C)(c3ccccc3)C2)cn2nc(C(=O)N3CCn4c(nnc4-c4ccnc(C(=O)O)c4)C3)nc12. The van der Waals surface area contributed by atoms with E-state index in [2.05, 4.69) is 67.4 Å². The Balaban J connectivity index is 1.11. The highest BCUT2D eigenvalue weighted by Crippen LogP contribution is 2.36. The van der Waals surface area contributed by atoms with Crippen LogP contribution >= 0.6 is 0 Å². The van der Waals surface area contributed by atoms with Crippen molar-refractivity contribution in [1.29, 1.82) is 0 Å². The van der Waals surface area contributed by atoms with Gasteiger partial charge in [0.15, 0.2) is 17.3 Å². The molecule has 1 fully saturated rings. The predicted octanol–water partition coefficient (Wildman–Crippen LogP) is 3.21. The number of nitrogens with zero attached hydrogens (tertiary/aromatic N) is 9. The molecule has 0 aliphatic carbocycles. The maximum absolute atomic E-state index is 13.5. The molecule has 0 saturated carbocycles. The Kier molecular flexibility index (Phi) is 5.99. The highest BCUT2D eigenvalue weighted by Gasteiger charge is 2.36. The topological polar surface area (TPSA) is 135 Å². The number of carboxylic acids is 1. The van der Waals surface area contributed by atoms with Crippen LogP contribution in [0, 0.1) is 6.92 Å². The molecule has 2 aliphatic heterocycles. The quantitative estimate of drug-likeness (QED) is 0.342. The molecule has 7 rings (SSSR count). The number of rotatable bonds is 5. The minimum absolute atomic E-state index is 0.0659. The van der Waals surface area contributed by atoms with Gasteiger partial charge >= 0.3 is 5.97 Å². The number of carbonyl (C=O) groups is 2. The normalized spacial score (nSPS) is 18.4.